The van der Waals surface area contributed by atoms with Crippen LogP contribution in [0.1, 0.15) is 17.9 Å². The average molecular weight is 369 g/mol. The van der Waals surface area contributed by atoms with E-state index in [1.54, 1.807) is 0 Å². The summed E-state index contributed by atoms with van der Waals surface area (Å²) in [4.78, 5) is 24.3. The van der Waals surface area contributed by atoms with E-state index in [2.05, 4.69) is 10.6 Å². The predicted octanol–water partition coefficient (Wildman–Crippen LogP) is 3.90. The number of halogens is 3. The maximum atomic E-state index is 13.3. The Balaban J connectivity index is 1.91. The first kappa shape index (κ1) is 16.5. The average Bonchev–Trinajstić information content (AvgIpc) is 2.51. The quantitative estimate of drug-likeness (QED) is 0.703. The van der Waals surface area contributed by atoms with Crippen LogP contribution in [0.2, 0.25) is 10.0 Å². The van der Waals surface area contributed by atoms with Gasteiger partial charge in [0.15, 0.2) is 0 Å². The molecule has 1 atom stereocenters. The molecular weight excluding hydrogens is 358 g/mol. The SMILES string of the molecule is O=C1CC(C(=O)Nc2cc(Cl)c(Cl)cc2O)c2ccc(F)cc2N1. The summed E-state index contributed by atoms with van der Waals surface area (Å²) in [7, 11) is 0. The molecule has 3 rings (SSSR count). The molecule has 1 aliphatic rings. The van der Waals surface area contributed by atoms with E-state index in [9.17, 15) is 19.1 Å². The van der Waals surface area contributed by atoms with Crippen LogP contribution >= 0.6 is 23.2 Å². The fourth-order valence-corrected chi connectivity index (χ4v) is 2.85. The summed E-state index contributed by atoms with van der Waals surface area (Å²) in [6.07, 6.45) is -0.0907. The number of benzene rings is 2. The molecule has 2 amide bonds. The Kier molecular flexibility index (Phi) is 4.34. The van der Waals surface area contributed by atoms with Crippen molar-refractivity contribution in [3.63, 3.8) is 0 Å². The van der Waals surface area contributed by atoms with Crippen LogP contribution < -0.4 is 10.6 Å². The second-order valence-electron chi connectivity index (χ2n) is 5.31. The molecule has 0 fully saturated rings. The first-order valence-corrected chi connectivity index (χ1v) is 7.69. The molecule has 2 aromatic rings. The van der Waals surface area contributed by atoms with Gasteiger partial charge in [0.05, 0.1) is 21.7 Å². The van der Waals surface area contributed by atoms with Crippen LogP contribution in [0.5, 0.6) is 5.75 Å². The van der Waals surface area contributed by atoms with Gasteiger partial charge in [-0.25, -0.2) is 4.39 Å². The van der Waals surface area contributed by atoms with Gasteiger partial charge in [-0.05, 0) is 23.8 Å². The number of carbonyl (C=O) groups is 2. The second-order valence-corrected chi connectivity index (χ2v) is 6.12. The van der Waals surface area contributed by atoms with Gasteiger partial charge < -0.3 is 15.7 Å². The smallest absolute Gasteiger partial charge is 0.232 e. The number of fused-ring (bicyclic) bond motifs is 1. The van der Waals surface area contributed by atoms with E-state index in [0.29, 0.717) is 5.56 Å². The zero-order valence-electron chi connectivity index (χ0n) is 12.1. The lowest BCUT2D eigenvalue weighted by atomic mass is 9.89. The monoisotopic (exact) mass is 368 g/mol. The summed E-state index contributed by atoms with van der Waals surface area (Å²) < 4.78 is 13.3. The van der Waals surface area contributed by atoms with Gasteiger partial charge in [0.2, 0.25) is 11.8 Å². The first-order valence-electron chi connectivity index (χ1n) is 6.93. The third-order valence-electron chi connectivity index (χ3n) is 3.67. The zero-order chi connectivity index (χ0) is 17.4. The van der Waals surface area contributed by atoms with Crippen LogP contribution in [0.15, 0.2) is 30.3 Å². The fraction of sp³-hybridized carbons (Fsp3) is 0.125. The lowest BCUT2D eigenvalue weighted by Gasteiger charge is -2.25. The number of carbonyl (C=O) groups excluding carboxylic acids is 2. The molecule has 1 aliphatic heterocycles. The molecule has 1 unspecified atom stereocenters. The lowest BCUT2D eigenvalue weighted by Crippen LogP contribution is -2.30. The Bertz CT molecular complexity index is 857. The minimum atomic E-state index is -0.816. The first-order chi connectivity index (χ1) is 11.3. The van der Waals surface area contributed by atoms with Crippen molar-refractivity contribution in [2.75, 3.05) is 10.6 Å². The predicted molar refractivity (Wildman–Crippen MR) is 89.1 cm³/mol. The summed E-state index contributed by atoms with van der Waals surface area (Å²) in [6, 6.07) is 6.33. The lowest BCUT2D eigenvalue weighted by molar-refractivity contribution is -0.123. The minimum absolute atomic E-state index is 0.0732. The summed E-state index contributed by atoms with van der Waals surface area (Å²) in [5.74, 6) is -2.50. The number of rotatable bonds is 2. The number of phenols is 1. The van der Waals surface area contributed by atoms with Gasteiger partial charge in [0.1, 0.15) is 11.6 Å². The molecule has 0 aliphatic carbocycles. The van der Waals surface area contributed by atoms with Gasteiger partial charge in [-0.15, -0.1) is 0 Å². The van der Waals surface area contributed by atoms with E-state index < -0.39 is 23.5 Å². The van der Waals surface area contributed by atoms with Gasteiger partial charge in [-0.1, -0.05) is 29.3 Å². The summed E-state index contributed by atoms with van der Waals surface area (Å²) in [6.45, 7) is 0. The Hall–Kier alpha value is -2.31. The van der Waals surface area contributed by atoms with Crippen molar-refractivity contribution in [3.05, 3.63) is 51.8 Å². The van der Waals surface area contributed by atoms with Gasteiger partial charge in [-0.3, -0.25) is 9.59 Å². The van der Waals surface area contributed by atoms with Crippen LogP contribution in [0.3, 0.4) is 0 Å². The third-order valence-corrected chi connectivity index (χ3v) is 4.39. The molecule has 1 heterocycles. The molecule has 0 radical (unpaired) electrons. The Morgan fingerprint density at radius 1 is 1.25 bits per heavy atom. The van der Waals surface area contributed by atoms with Crippen molar-refractivity contribution in [1.82, 2.24) is 0 Å². The number of phenolic OH excluding ortho intramolecular Hbond substituents is 1. The topological polar surface area (TPSA) is 78.4 Å². The molecular formula is C16H11Cl2FN2O3. The molecule has 124 valence electrons. The molecule has 3 N–H and O–H groups in total. The molecule has 24 heavy (non-hydrogen) atoms. The van der Waals surface area contributed by atoms with E-state index in [1.165, 1.54) is 24.3 Å². The van der Waals surface area contributed by atoms with E-state index in [4.69, 9.17) is 23.2 Å². The van der Waals surface area contributed by atoms with Crippen molar-refractivity contribution < 1.29 is 19.1 Å². The van der Waals surface area contributed by atoms with Crippen LogP contribution in [0, 0.1) is 5.82 Å². The highest BCUT2D eigenvalue weighted by atomic mass is 35.5. The number of hydrogen-bond acceptors (Lipinski definition) is 3. The maximum absolute atomic E-state index is 13.3. The standard InChI is InChI=1S/C16H11Cl2FN2O3/c17-10-5-13(14(22)6-11(10)18)21-16(24)9-4-15(23)20-12-3-7(19)1-2-8(9)12/h1-3,5-6,9,22H,4H2,(H,20,23)(H,21,24). The molecule has 0 aromatic heterocycles. The molecule has 0 bridgehead atoms. The van der Waals surface area contributed by atoms with Crippen molar-refractivity contribution in [2.45, 2.75) is 12.3 Å². The van der Waals surface area contributed by atoms with Crippen molar-refractivity contribution in [3.8, 4) is 5.75 Å². The summed E-state index contributed by atoms with van der Waals surface area (Å²) >= 11 is 11.7. The number of amides is 2. The summed E-state index contributed by atoms with van der Waals surface area (Å²) in [5, 5.41) is 15.2. The van der Waals surface area contributed by atoms with Crippen LogP contribution in [0.4, 0.5) is 15.8 Å². The van der Waals surface area contributed by atoms with Crippen LogP contribution in [0.25, 0.3) is 0 Å². The molecule has 8 heteroatoms. The molecule has 5 nitrogen and oxygen atoms in total. The van der Waals surface area contributed by atoms with E-state index in [1.807, 2.05) is 0 Å². The zero-order valence-corrected chi connectivity index (χ0v) is 13.6. The molecule has 0 saturated carbocycles. The highest BCUT2D eigenvalue weighted by Crippen LogP contribution is 2.36. The van der Waals surface area contributed by atoms with Crippen molar-refractivity contribution >= 4 is 46.4 Å². The van der Waals surface area contributed by atoms with E-state index in [0.717, 1.165) is 6.07 Å². The Labute approximate surface area is 146 Å². The minimum Gasteiger partial charge on any atom is -0.506 e. The highest BCUT2D eigenvalue weighted by molar-refractivity contribution is 6.42. The maximum Gasteiger partial charge on any atom is 0.232 e. The Morgan fingerprint density at radius 2 is 1.96 bits per heavy atom. The second kappa shape index (κ2) is 6.30. The number of nitrogens with one attached hydrogen (secondary N) is 2. The van der Waals surface area contributed by atoms with Crippen molar-refractivity contribution in [1.29, 1.82) is 0 Å². The van der Waals surface area contributed by atoms with Gasteiger partial charge in [-0.2, -0.15) is 0 Å². The van der Waals surface area contributed by atoms with Gasteiger partial charge in [0, 0.05) is 18.2 Å². The number of anilines is 2. The van der Waals surface area contributed by atoms with Gasteiger partial charge >= 0.3 is 0 Å². The molecule has 2 aromatic carbocycles. The molecule has 0 saturated heterocycles. The number of aromatic hydroxyl groups is 1. The fourth-order valence-electron chi connectivity index (χ4n) is 2.53. The van der Waals surface area contributed by atoms with E-state index >= 15 is 0 Å². The van der Waals surface area contributed by atoms with Crippen molar-refractivity contribution in [2.24, 2.45) is 0 Å². The normalized spacial score (nSPS) is 16.3. The number of hydrogen-bond donors (Lipinski definition) is 3. The van der Waals surface area contributed by atoms with Crippen LogP contribution in [-0.4, -0.2) is 16.9 Å². The summed E-state index contributed by atoms with van der Waals surface area (Å²) in [5.41, 5.74) is 0.821. The van der Waals surface area contributed by atoms with E-state index in [-0.39, 0.29) is 33.6 Å². The van der Waals surface area contributed by atoms with Crippen LogP contribution in [-0.2, 0) is 9.59 Å². The highest BCUT2D eigenvalue weighted by Gasteiger charge is 2.31. The molecule has 0 spiro atoms. The largest absolute Gasteiger partial charge is 0.506 e. The third kappa shape index (κ3) is 3.16. The Morgan fingerprint density at radius 3 is 2.71 bits per heavy atom. The van der Waals surface area contributed by atoms with Gasteiger partial charge in [0.25, 0.3) is 0 Å².